The Hall–Kier alpha value is -0.430. The molecule has 0 saturated heterocycles. The summed E-state index contributed by atoms with van der Waals surface area (Å²) in [5.41, 5.74) is 3.04. The lowest BCUT2D eigenvalue weighted by molar-refractivity contribution is 0.747. The number of aryl methyl sites for hydroxylation is 1. The van der Waals surface area contributed by atoms with Gasteiger partial charge in [0.15, 0.2) is 0 Å². The first kappa shape index (κ1) is 7.23. The third-order valence-electron chi connectivity index (χ3n) is 2.50. The minimum absolute atomic E-state index is 0.763. The van der Waals surface area contributed by atoms with E-state index in [4.69, 9.17) is 0 Å². The summed E-state index contributed by atoms with van der Waals surface area (Å²) in [6.07, 6.45) is 2.55. The average molecular weight is 164 g/mol. The van der Waals surface area contributed by atoms with Gasteiger partial charge < -0.3 is 0 Å². The number of hydrogen-bond donors (Lipinski definition) is 1. The van der Waals surface area contributed by atoms with Gasteiger partial charge in [-0.05, 0) is 42.0 Å². The van der Waals surface area contributed by atoms with Gasteiger partial charge in [0.1, 0.15) is 0 Å². The van der Waals surface area contributed by atoms with Gasteiger partial charge in [0, 0.05) is 4.90 Å². The molecule has 0 amide bonds. The molecule has 1 atom stereocenters. The standard InChI is InChI=1S/C10H12S/c1-7-2-3-8-6-9(11)4-5-10(7)8/h4-7,11H,2-3H2,1H3. The maximum absolute atomic E-state index is 4.31. The van der Waals surface area contributed by atoms with Crippen molar-refractivity contribution in [3.05, 3.63) is 29.3 Å². The third-order valence-corrected chi connectivity index (χ3v) is 2.78. The normalized spacial score (nSPS) is 21.8. The molecule has 0 saturated carbocycles. The highest BCUT2D eigenvalue weighted by molar-refractivity contribution is 7.80. The molecule has 1 aromatic rings. The van der Waals surface area contributed by atoms with Gasteiger partial charge in [-0.2, -0.15) is 0 Å². The lowest BCUT2D eigenvalue weighted by atomic mass is 10.0. The van der Waals surface area contributed by atoms with Gasteiger partial charge in [0.05, 0.1) is 0 Å². The molecule has 1 aliphatic rings. The SMILES string of the molecule is CC1CCc2cc(S)ccc21. The number of hydrogen-bond acceptors (Lipinski definition) is 1. The Morgan fingerprint density at radius 3 is 3.09 bits per heavy atom. The van der Waals surface area contributed by atoms with Gasteiger partial charge in [-0.25, -0.2) is 0 Å². The Kier molecular flexibility index (Phi) is 1.68. The Balaban J connectivity index is 2.50. The molecule has 0 fully saturated rings. The van der Waals surface area contributed by atoms with Crippen LogP contribution >= 0.6 is 12.6 Å². The van der Waals surface area contributed by atoms with E-state index in [2.05, 4.69) is 37.8 Å². The van der Waals surface area contributed by atoms with Crippen LogP contribution in [0.15, 0.2) is 23.1 Å². The molecule has 0 heterocycles. The zero-order valence-corrected chi connectivity index (χ0v) is 7.57. The van der Waals surface area contributed by atoms with Crippen molar-refractivity contribution < 1.29 is 0 Å². The molecule has 0 bridgehead atoms. The van der Waals surface area contributed by atoms with Gasteiger partial charge in [-0.1, -0.05) is 13.0 Å². The van der Waals surface area contributed by atoms with Crippen molar-refractivity contribution in [2.75, 3.05) is 0 Å². The van der Waals surface area contributed by atoms with E-state index in [1.165, 1.54) is 24.0 Å². The molecule has 1 unspecified atom stereocenters. The summed E-state index contributed by atoms with van der Waals surface area (Å²) >= 11 is 4.31. The first-order valence-corrected chi connectivity index (χ1v) is 4.54. The van der Waals surface area contributed by atoms with E-state index in [-0.39, 0.29) is 0 Å². The molecule has 0 spiro atoms. The van der Waals surface area contributed by atoms with Crippen LogP contribution in [-0.4, -0.2) is 0 Å². The number of rotatable bonds is 0. The third kappa shape index (κ3) is 1.18. The fourth-order valence-corrected chi connectivity index (χ4v) is 2.05. The first-order valence-electron chi connectivity index (χ1n) is 4.09. The molecule has 11 heavy (non-hydrogen) atoms. The van der Waals surface area contributed by atoms with E-state index in [1.54, 1.807) is 0 Å². The van der Waals surface area contributed by atoms with E-state index >= 15 is 0 Å². The highest BCUT2D eigenvalue weighted by atomic mass is 32.1. The van der Waals surface area contributed by atoms with Gasteiger partial charge >= 0.3 is 0 Å². The summed E-state index contributed by atoms with van der Waals surface area (Å²) in [4.78, 5) is 1.10. The maximum Gasteiger partial charge on any atom is 0.00429 e. The Morgan fingerprint density at radius 1 is 1.45 bits per heavy atom. The second kappa shape index (κ2) is 2.56. The van der Waals surface area contributed by atoms with E-state index in [1.807, 2.05) is 0 Å². The summed E-state index contributed by atoms with van der Waals surface area (Å²) in [5.74, 6) is 0.763. The minimum atomic E-state index is 0.763. The topological polar surface area (TPSA) is 0 Å². The van der Waals surface area contributed by atoms with Gasteiger partial charge in [-0.3, -0.25) is 0 Å². The smallest absolute Gasteiger partial charge is 0.00429 e. The van der Waals surface area contributed by atoms with Gasteiger partial charge in [0.2, 0.25) is 0 Å². The zero-order chi connectivity index (χ0) is 7.84. The largest absolute Gasteiger partial charge is 0.143 e. The summed E-state index contributed by atoms with van der Waals surface area (Å²) in [5, 5.41) is 0. The molecule has 0 nitrogen and oxygen atoms in total. The quantitative estimate of drug-likeness (QED) is 0.560. The van der Waals surface area contributed by atoms with Crippen molar-refractivity contribution in [3.63, 3.8) is 0 Å². The average Bonchev–Trinajstić information content (AvgIpc) is 2.32. The molecule has 1 heteroatoms. The van der Waals surface area contributed by atoms with E-state index in [9.17, 15) is 0 Å². The molecule has 58 valence electrons. The van der Waals surface area contributed by atoms with Crippen LogP contribution in [0.4, 0.5) is 0 Å². The van der Waals surface area contributed by atoms with E-state index in [0.717, 1.165) is 10.8 Å². The monoisotopic (exact) mass is 164 g/mol. The lowest BCUT2D eigenvalue weighted by Crippen LogP contribution is -1.84. The summed E-state index contributed by atoms with van der Waals surface area (Å²) in [6, 6.07) is 6.50. The second-order valence-electron chi connectivity index (χ2n) is 3.32. The van der Waals surface area contributed by atoms with E-state index in [0.29, 0.717) is 0 Å². The van der Waals surface area contributed by atoms with Crippen LogP contribution in [0.2, 0.25) is 0 Å². The molecule has 0 aromatic heterocycles. The highest BCUT2D eigenvalue weighted by Gasteiger charge is 2.17. The highest BCUT2D eigenvalue weighted by Crippen LogP contribution is 2.33. The molecule has 1 aliphatic carbocycles. The molecule has 0 aliphatic heterocycles. The Labute approximate surface area is 73.0 Å². The van der Waals surface area contributed by atoms with Gasteiger partial charge in [0.25, 0.3) is 0 Å². The summed E-state index contributed by atoms with van der Waals surface area (Å²) < 4.78 is 0. The van der Waals surface area contributed by atoms with Crippen LogP contribution in [0.25, 0.3) is 0 Å². The van der Waals surface area contributed by atoms with Crippen molar-refractivity contribution in [1.29, 1.82) is 0 Å². The Morgan fingerprint density at radius 2 is 2.27 bits per heavy atom. The minimum Gasteiger partial charge on any atom is -0.143 e. The van der Waals surface area contributed by atoms with Crippen molar-refractivity contribution in [3.8, 4) is 0 Å². The fraction of sp³-hybridized carbons (Fsp3) is 0.400. The molecular formula is C10H12S. The van der Waals surface area contributed by atoms with Crippen LogP contribution in [0.1, 0.15) is 30.4 Å². The van der Waals surface area contributed by atoms with Crippen LogP contribution in [-0.2, 0) is 6.42 Å². The first-order chi connectivity index (χ1) is 5.27. The predicted octanol–water partition coefficient (Wildman–Crippen LogP) is 3.03. The molecule has 2 rings (SSSR count). The molecular weight excluding hydrogens is 152 g/mol. The predicted molar refractivity (Wildman–Crippen MR) is 50.4 cm³/mol. The molecule has 1 aromatic carbocycles. The van der Waals surface area contributed by atoms with Crippen LogP contribution in [0, 0.1) is 0 Å². The van der Waals surface area contributed by atoms with Crippen molar-refractivity contribution >= 4 is 12.6 Å². The van der Waals surface area contributed by atoms with Crippen molar-refractivity contribution in [2.45, 2.75) is 30.6 Å². The maximum atomic E-state index is 4.31. The Bertz CT molecular complexity index is 278. The fourth-order valence-electron chi connectivity index (χ4n) is 1.82. The second-order valence-corrected chi connectivity index (χ2v) is 3.84. The number of benzene rings is 1. The zero-order valence-electron chi connectivity index (χ0n) is 6.67. The van der Waals surface area contributed by atoms with Crippen LogP contribution < -0.4 is 0 Å². The molecule has 0 N–H and O–H groups in total. The summed E-state index contributed by atoms with van der Waals surface area (Å²) in [7, 11) is 0. The summed E-state index contributed by atoms with van der Waals surface area (Å²) in [6.45, 7) is 2.30. The molecule has 0 radical (unpaired) electrons. The van der Waals surface area contributed by atoms with Gasteiger partial charge in [-0.15, -0.1) is 12.6 Å². The lowest BCUT2D eigenvalue weighted by Gasteiger charge is -2.03. The van der Waals surface area contributed by atoms with E-state index < -0.39 is 0 Å². The number of thiol groups is 1. The van der Waals surface area contributed by atoms with Crippen molar-refractivity contribution in [2.24, 2.45) is 0 Å². The number of fused-ring (bicyclic) bond motifs is 1. The van der Waals surface area contributed by atoms with Crippen molar-refractivity contribution in [1.82, 2.24) is 0 Å². The van der Waals surface area contributed by atoms with Crippen LogP contribution in [0.5, 0.6) is 0 Å². The van der Waals surface area contributed by atoms with Crippen LogP contribution in [0.3, 0.4) is 0 Å².